The second-order valence-electron chi connectivity index (χ2n) is 6.09. The van der Waals surface area contributed by atoms with Gasteiger partial charge < -0.3 is 10.6 Å². The Hall–Kier alpha value is -1.13. The predicted octanol–water partition coefficient (Wildman–Crippen LogP) is 2.17. The fourth-order valence-electron chi connectivity index (χ4n) is 3.45. The van der Waals surface area contributed by atoms with Crippen molar-refractivity contribution in [2.45, 2.75) is 44.7 Å². The summed E-state index contributed by atoms with van der Waals surface area (Å²) >= 11 is 0. The molecule has 4 nitrogen and oxygen atoms in total. The third-order valence-electron chi connectivity index (χ3n) is 4.76. The topological polar surface area (TPSA) is 45.4 Å². The van der Waals surface area contributed by atoms with E-state index in [2.05, 4.69) is 33.8 Å². The van der Waals surface area contributed by atoms with Crippen LogP contribution in [-0.4, -0.2) is 42.1 Å². The van der Waals surface area contributed by atoms with E-state index in [-0.39, 0.29) is 6.04 Å². The van der Waals surface area contributed by atoms with Crippen LogP contribution in [0.1, 0.15) is 44.3 Å². The first-order valence-electron chi connectivity index (χ1n) is 7.98. The van der Waals surface area contributed by atoms with Crippen LogP contribution >= 0.6 is 0 Å². The average molecular weight is 274 g/mol. The molecule has 0 amide bonds. The molecule has 0 spiro atoms. The van der Waals surface area contributed by atoms with Crippen LogP contribution in [-0.2, 0) is 0 Å². The molecule has 1 unspecified atom stereocenters. The van der Waals surface area contributed by atoms with Crippen LogP contribution in [0.4, 0.5) is 5.69 Å². The smallest absolute Gasteiger partial charge is 0.0572 e. The van der Waals surface area contributed by atoms with Crippen LogP contribution in [0.2, 0.25) is 0 Å². The lowest BCUT2D eigenvalue weighted by Crippen LogP contribution is -2.36. The van der Waals surface area contributed by atoms with Gasteiger partial charge in [-0.05, 0) is 44.4 Å². The van der Waals surface area contributed by atoms with E-state index in [1.165, 1.54) is 38.0 Å². The van der Waals surface area contributed by atoms with Gasteiger partial charge >= 0.3 is 0 Å². The monoisotopic (exact) mass is 274 g/mol. The molecule has 2 atom stereocenters. The van der Waals surface area contributed by atoms with Gasteiger partial charge in [0.05, 0.1) is 17.6 Å². The molecule has 2 aliphatic rings. The van der Waals surface area contributed by atoms with E-state index in [9.17, 15) is 0 Å². The molecule has 1 aromatic rings. The summed E-state index contributed by atoms with van der Waals surface area (Å²) in [6, 6.07) is 5.11. The zero-order chi connectivity index (χ0) is 13.9. The lowest BCUT2D eigenvalue weighted by molar-refractivity contribution is 0.273. The van der Waals surface area contributed by atoms with Crippen LogP contribution in [0.3, 0.4) is 0 Å². The quantitative estimate of drug-likeness (QED) is 0.917. The molecule has 0 bridgehead atoms. The Bertz CT molecular complexity index is 431. The van der Waals surface area contributed by atoms with Gasteiger partial charge in [-0.2, -0.15) is 0 Å². The first-order chi connectivity index (χ1) is 9.78. The number of pyridine rings is 1. The minimum atomic E-state index is 0.0681. The highest BCUT2D eigenvalue weighted by Crippen LogP contribution is 2.25. The van der Waals surface area contributed by atoms with E-state index in [4.69, 9.17) is 5.73 Å². The van der Waals surface area contributed by atoms with Crippen LogP contribution in [0.5, 0.6) is 0 Å². The normalized spacial score (nSPS) is 25.3. The molecule has 3 heterocycles. The highest BCUT2D eigenvalue weighted by Gasteiger charge is 2.28. The summed E-state index contributed by atoms with van der Waals surface area (Å²) < 4.78 is 0. The summed E-state index contributed by atoms with van der Waals surface area (Å²) in [6.07, 6.45) is 6.92. The maximum absolute atomic E-state index is 6.04. The van der Waals surface area contributed by atoms with E-state index >= 15 is 0 Å². The summed E-state index contributed by atoms with van der Waals surface area (Å²) in [6.45, 7) is 6.95. The van der Waals surface area contributed by atoms with E-state index < -0.39 is 0 Å². The van der Waals surface area contributed by atoms with Gasteiger partial charge in [-0.3, -0.25) is 9.88 Å². The number of nitrogens with two attached hydrogens (primary N) is 1. The molecule has 0 aliphatic carbocycles. The van der Waals surface area contributed by atoms with E-state index in [0.717, 1.165) is 31.2 Å². The van der Waals surface area contributed by atoms with E-state index in [1.807, 2.05) is 6.20 Å². The van der Waals surface area contributed by atoms with Crippen LogP contribution in [0, 0.1) is 0 Å². The Morgan fingerprint density at radius 3 is 2.90 bits per heavy atom. The van der Waals surface area contributed by atoms with Crippen molar-refractivity contribution < 1.29 is 0 Å². The first-order valence-corrected chi connectivity index (χ1v) is 7.98. The molecule has 3 rings (SSSR count). The van der Waals surface area contributed by atoms with Gasteiger partial charge in [-0.15, -0.1) is 0 Å². The molecular formula is C16H26N4. The van der Waals surface area contributed by atoms with Crippen molar-refractivity contribution in [1.82, 2.24) is 9.88 Å². The average Bonchev–Trinajstić information content (AvgIpc) is 2.83. The Morgan fingerprint density at radius 2 is 2.15 bits per heavy atom. The second-order valence-corrected chi connectivity index (χ2v) is 6.09. The molecule has 2 fully saturated rings. The minimum absolute atomic E-state index is 0.0681. The van der Waals surface area contributed by atoms with Gasteiger partial charge in [-0.1, -0.05) is 6.92 Å². The van der Waals surface area contributed by atoms with Gasteiger partial charge in [0.15, 0.2) is 0 Å². The number of aromatic nitrogens is 1. The molecule has 0 aromatic carbocycles. The first kappa shape index (κ1) is 13.8. The summed E-state index contributed by atoms with van der Waals surface area (Å²) in [5, 5.41) is 0. The van der Waals surface area contributed by atoms with Gasteiger partial charge in [0.25, 0.3) is 0 Å². The number of fused-ring (bicyclic) bond motifs is 1. The second kappa shape index (κ2) is 6.10. The number of nitrogens with zero attached hydrogens (tertiary/aromatic N) is 3. The molecule has 20 heavy (non-hydrogen) atoms. The third kappa shape index (κ3) is 2.81. The predicted molar refractivity (Wildman–Crippen MR) is 82.9 cm³/mol. The Labute approximate surface area is 122 Å². The lowest BCUT2D eigenvalue weighted by Gasteiger charge is -2.27. The number of hydrogen-bond acceptors (Lipinski definition) is 4. The van der Waals surface area contributed by atoms with Crippen LogP contribution in [0.15, 0.2) is 18.3 Å². The van der Waals surface area contributed by atoms with Crippen molar-refractivity contribution in [2.75, 3.05) is 31.1 Å². The molecule has 0 saturated carbocycles. The van der Waals surface area contributed by atoms with Crippen molar-refractivity contribution in [1.29, 1.82) is 0 Å². The minimum Gasteiger partial charge on any atom is -0.369 e. The molecule has 2 aliphatic heterocycles. The number of hydrogen-bond donors (Lipinski definition) is 1. The van der Waals surface area contributed by atoms with Gasteiger partial charge in [0.1, 0.15) is 0 Å². The molecule has 2 N–H and O–H groups in total. The molecule has 0 radical (unpaired) electrons. The largest absolute Gasteiger partial charge is 0.369 e. The summed E-state index contributed by atoms with van der Waals surface area (Å²) in [7, 11) is 0. The van der Waals surface area contributed by atoms with Crippen LogP contribution in [0.25, 0.3) is 0 Å². The summed E-state index contributed by atoms with van der Waals surface area (Å²) in [5.41, 5.74) is 8.30. The van der Waals surface area contributed by atoms with Gasteiger partial charge in [0, 0.05) is 31.7 Å². The Kier molecular flexibility index (Phi) is 4.22. The fourth-order valence-corrected chi connectivity index (χ4v) is 3.45. The molecular weight excluding hydrogens is 248 g/mol. The van der Waals surface area contributed by atoms with Crippen molar-refractivity contribution in [3.8, 4) is 0 Å². The Balaban J connectivity index is 1.71. The lowest BCUT2D eigenvalue weighted by atomic mass is 10.1. The maximum atomic E-state index is 6.04. The standard InChI is InChI=1S/C16H26N4/c1-2-15(17)16-7-6-13(11-18-16)20-10-4-9-19-8-3-5-14(19)12-20/h6-7,11,14-15H,2-5,8-10,12,17H2,1H3/t14?,15-/m0/s1. The van der Waals surface area contributed by atoms with Gasteiger partial charge in [0.2, 0.25) is 0 Å². The zero-order valence-electron chi connectivity index (χ0n) is 12.5. The summed E-state index contributed by atoms with van der Waals surface area (Å²) in [5.74, 6) is 0. The molecule has 4 heteroatoms. The third-order valence-corrected chi connectivity index (χ3v) is 4.76. The van der Waals surface area contributed by atoms with Crippen LogP contribution < -0.4 is 10.6 Å². The van der Waals surface area contributed by atoms with E-state index in [1.54, 1.807) is 0 Å². The maximum Gasteiger partial charge on any atom is 0.0572 e. The van der Waals surface area contributed by atoms with Crippen molar-refractivity contribution in [3.63, 3.8) is 0 Å². The molecule has 2 saturated heterocycles. The molecule has 110 valence electrons. The Morgan fingerprint density at radius 1 is 1.30 bits per heavy atom. The van der Waals surface area contributed by atoms with Crippen molar-refractivity contribution in [3.05, 3.63) is 24.0 Å². The number of rotatable bonds is 3. The van der Waals surface area contributed by atoms with Gasteiger partial charge in [-0.25, -0.2) is 0 Å². The zero-order valence-corrected chi connectivity index (χ0v) is 12.5. The highest BCUT2D eigenvalue weighted by molar-refractivity contribution is 5.45. The fraction of sp³-hybridized carbons (Fsp3) is 0.688. The SMILES string of the molecule is CC[C@H](N)c1ccc(N2CCCN3CCCC3C2)cn1. The van der Waals surface area contributed by atoms with E-state index in [0.29, 0.717) is 0 Å². The summed E-state index contributed by atoms with van der Waals surface area (Å²) in [4.78, 5) is 9.73. The van der Waals surface area contributed by atoms with Crippen molar-refractivity contribution >= 4 is 5.69 Å². The highest BCUT2D eigenvalue weighted by atomic mass is 15.3. The molecule has 1 aromatic heterocycles. The van der Waals surface area contributed by atoms with Crippen molar-refractivity contribution in [2.24, 2.45) is 5.73 Å². The number of anilines is 1.